The third-order valence-electron chi connectivity index (χ3n) is 3.85. The smallest absolute Gasteiger partial charge is 0.246 e. The minimum atomic E-state index is -0.175. The van der Waals surface area contributed by atoms with E-state index in [0.29, 0.717) is 18.1 Å². The maximum absolute atomic E-state index is 5.43. The van der Waals surface area contributed by atoms with Crippen LogP contribution in [0.25, 0.3) is 0 Å². The van der Waals surface area contributed by atoms with E-state index in [-0.39, 0.29) is 5.54 Å². The molecule has 0 bridgehead atoms. The summed E-state index contributed by atoms with van der Waals surface area (Å²) in [6.45, 7) is 3.11. The van der Waals surface area contributed by atoms with Crippen LogP contribution in [0.3, 0.4) is 0 Å². The zero-order valence-corrected chi connectivity index (χ0v) is 11.8. The Morgan fingerprint density at radius 3 is 3.00 bits per heavy atom. The van der Waals surface area contributed by atoms with Crippen molar-refractivity contribution in [1.82, 2.24) is 15.5 Å². The number of nitrogens with zero attached hydrogens (tertiary/aromatic N) is 2. The summed E-state index contributed by atoms with van der Waals surface area (Å²) in [7, 11) is 1.67. The van der Waals surface area contributed by atoms with E-state index in [9.17, 15) is 0 Å². The van der Waals surface area contributed by atoms with Crippen molar-refractivity contribution in [2.45, 2.75) is 31.7 Å². The molecule has 1 saturated heterocycles. The molecule has 0 aliphatic carbocycles. The molecule has 2 heterocycles. The van der Waals surface area contributed by atoms with Gasteiger partial charge >= 0.3 is 0 Å². The number of benzene rings is 1. The second-order valence-electron chi connectivity index (χ2n) is 5.37. The number of methoxy groups -OCH3 is 1. The Bertz CT molecular complexity index is 588. The molecule has 1 aliphatic rings. The standard InChI is InChI=1S/C15H19N3O2/c1-15(8-5-9-16-15)14-17-13(18-20-14)10-11-6-3-4-7-12(11)19-2/h3-4,6-7,16H,5,8-10H2,1-2H3. The molecular weight excluding hydrogens is 254 g/mol. The van der Waals surface area contributed by atoms with Crippen molar-refractivity contribution in [2.75, 3.05) is 13.7 Å². The van der Waals surface area contributed by atoms with Crippen LogP contribution in [0.2, 0.25) is 0 Å². The highest BCUT2D eigenvalue weighted by molar-refractivity contribution is 5.35. The molecule has 20 heavy (non-hydrogen) atoms. The molecule has 0 amide bonds. The molecule has 2 aromatic rings. The van der Waals surface area contributed by atoms with Crippen LogP contribution in [-0.2, 0) is 12.0 Å². The first-order valence-electron chi connectivity index (χ1n) is 6.91. The summed E-state index contributed by atoms with van der Waals surface area (Å²) in [6, 6.07) is 7.90. The first-order valence-corrected chi connectivity index (χ1v) is 6.91. The summed E-state index contributed by atoms with van der Waals surface area (Å²) in [4.78, 5) is 4.54. The third-order valence-corrected chi connectivity index (χ3v) is 3.85. The van der Waals surface area contributed by atoms with Crippen molar-refractivity contribution in [3.05, 3.63) is 41.5 Å². The topological polar surface area (TPSA) is 60.2 Å². The van der Waals surface area contributed by atoms with E-state index >= 15 is 0 Å². The molecule has 1 aromatic heterocycles. The zero-order chi connectivity index (χ0) is 14.0. The van der Waals surface area contributed by atoms with Gasteiger partial charge < -0.3 is 14.6 Å². The van der Waals surface area contributed by atoms with Gasteiger partial charge in [0, 0.05) is 12.0 Å². The van der Waals surface area contributed by atoms with Gasteiger partial charge in [0.1, 0.15) is 5.75 Å². The lowest BCUT2D eigenvalue weighted by Gasteiger charge is -2.18. The lowest BCUT2D eigenvalue weighted by molar-refractivity contribution is 0.274. The van der Waals surface area contributed by atoms with E-state index in [1.807, 2.05) is 24.3 Å². The lowest BCUT2D eigenvalue weighted by atomic mass is 10.0. The average molecular weight is 273 g/mol. The fraction of sp³-hybridized carbons (Fsp3) is 0.467. The quantitative estimate of drug-likeness (QED) is 0.926. The first kappa shape index (κ1) is 13.1. The van der Waals surface area contributed by atoms with Crippen LogP contribution in [0, 0.1) is 0 Å². The summed E-state index contributed by atoms with van der Waals surface area (Å²) in [6.07, 6.45) is 2.79. The van der Waals surface area contributed by atoms with Crippen molar-refractivity contribution in [1.29, 1.82) is 0 Å². The van der Waals surface area contributed by atoms with Crippen LogP contribution in [0.4, 0.5) is 0 Å². The highest BCUT2D eigenvalue weighted by Gasteiger charge is 2.35. The molecule has 0 radical (unpaired) electrons. The molecular formula is C15H19N3O2. The van der Waals surface area contributed by atoms with Gasteiger partial charge in [0.15, 0.2) is 5.82 Å². The maximum atomic E-state index is 5.43. The highest BCUT2D eigenvalue weighted by atomic mass is 16.5. The van der Waals surface area contributed by atoms with Gasteiger partial charge in [-0.15, -0.1) is 0 Å². The molecule has 1 atom stereocenters. The molecule has 0 saturated carbocycles. The minimum absolute atomic E-state index is 0.175. The average Bonchev–Trinajstić information content (AvgIpc) is 3.10. The number of hydrogen-bond donors (Lipinski definition) is 1. The van der Waals surface area contributed by atoms with Gasteiger partial charge in [0.2, 0.25) is 5.89 Å². The number of aromatic nitrogens is 2. The zero-order valence-electron chi connectivity index (χ0n) is 11.8. The summed E-state index contributed by atoms with van der Waals surface area (Å²) in [5.74, 6) is 2.23. The normalized spacial score (nSPS) is 22.1. The Labute approximate surface area is 118 Å². The van der Waals surface area contributed by atoms with Crippen LogP contribution >= 0.6 is 0 Å². The van der Waals surface area contributed by atoms with Gasteiger partial charge in [0.05, 0.1) is 12.6 Å². The monoisotopic (exact) mass is 273 g/mol. The Morgan fingerprint density at radius 2 is 2.25 bits per heavy atom. The molecule has 1 N–H and O–H groups in total. The Hall–Kier alpha value is -1.88. The second-order valence-corrected chi connectivity index (χ2v) is 5.37. The number of nitrogens with one attached hydrogen (secondary N) is 1. The predicted octanol–water partition coefficient (Wildman–Crippen LogP) is 2.27. The van der Waals surface area contributed by atoms with E-state index in [0.717, 1.165) is 30.7 Å². The summed E-state index contributed by atoms with van der Waals surface area (Å²) >= 11 is 0. The van der Waals surface area contributed by atoms with Crippen molar-refractivity contribution in [3.63, 3.8) is 0 Å². The Kier molecular flexibility index (Phi) is 3.44. The number of ether oxygens (including phenoxy) is 1. The van der Waals surface area contributed by atoms with E-state index in [1.165, 1.54) is 0 Å². The van der Waals surface area contributed by atoms with Gasteiger partial charge in [-0.3, -0.25) is 0 Å². The predicted molar refractivity (Wildman–Crippen MR) is 74.7 cm³/mol. The Morgan fingerprint density at radius 1 is 1.40 bits per heavy atom. The van der Waals surface area contributed by atoms with Crippen molar-refractivity contribution < 1.29 is 9.26 Å². The van der Waals surface area contributed by atoms with Gasteiger partial charge in [-0.2, -0.15) is 4.98 Å². The Balaban J connectivity index is 1.80. The highest BCUT2D eigenvalue weighted by Crippen LogP contribution is 2.29. The van der Waals surface area contributed by atoms with Crippen LogP contribution in [0.15, 0.2) is 28.8 Å². The SMILES string of the molecule is COc1ccccc1Cc1noc(C2(C)CCCN2)n1. The second kappa shape index (κ2) is 5.25. The minimum Gasteiger partial charge on any atom is -0.496 e. The molecule has 1 fully saturated rings. The summed E-state index contributed by atoms with van der Waals surface area (Å²) in [5, 5.41) is 7.52. The van der Waals surface area contributed by atoms with Crippen LogP contribution in [0.5, 0.6) is 5.75 Å². The number of hydrogen-bond acceptors (Lipinski definition) is 5. The number of rotatable bonds is 4. The van der Waals surface area contributed by atoms with E-state index in [2.05, 4.69) is 22.4 Å². The van der Waals surface area contributed by atoms with E-state index in [4.69, 9.17) is 9.26 Å². The molecule has 1 unspecified atom stereocenters. The van der Waals surface area contributed by atoms with Crippen molar-refractivity contribution >= 4 is 0 Å². The van der Waals surface area contributed by atoms with E-state index < -0.39 is 0 Å². The molecule has 5 heteroatoms. The fourth-order valence-corrected chi connectivity index (χ4v) is 2.65. The van der Waals surface area contributed by atoms with Gasteiger partial charge in [-0.05, 0) is 32.4 Å². The fourth-order valence-electron chi connectivity index (χ4n) is 2.65. The molecule has 106 valence electrons. The molecule has 1 aromatic carbocycles. The van der Waals surface area contributed by atoms with Crippen LogP contribution in [-0.4, -0.2) is 23.8 Å². The van der Waals surface area contributed by atoms with Crippen LogP contribution < -0.4 is 10.1 Å². The molecule has 0 spiro atoms. The molecule has 3 rings (SSSR count). The lowest BCUT2D eigenvalue weighted by Crippen LogP contribution is -2.33. The third kappa shape index (κ3) is 2.41. The first-order chi connectivity index (χ1) is 9.71. The van der Waals surface area contributed by atoms with Gasteiger partial charge in [-0.1, -0.05) is 23.4 Å². The maximum Gasteiger partial charge on any atom is 0.246 e. The van der Waals surface area contributed by atoms with Gasteiger partial charge in [-0.25, -0.2) is 0 Å². The molecule has 5 nitrogen and oxygen atoms in total. The summed E-state index contributed by atoms with van der Waals surface area (Å²) < 4.78 is 10.8. The van der Waals surface area contributed by atoms with Gasteiger partial charge in [0.25, 0.3) is 0 Å². The van der Waals surface area contributed by atoms with Crippen LogP contribution in [0.1, 0.15) is 37.0 Å². The number of para-hydroxylation sites is 1. The largest absolute Gasteiger partial charge is 0.496 e. The van der Waals surface area contributed by atoms with Crippen molar-refractivity contribution in [2.24, 2.45) is 0 Å². The molecule has 1 aliphatic heterocycles. The summed E-state index contributed by atoms with van der Waals surface area (Å²) in [5.41, 5.74) is 0.887. The van der Waals surface area contributed by atoms with E-state index in [1.54, 1.807) is 7.11 Å². The van der Waals surface area contributed by atoms with Crippen molar-refractivity contribution in [3.8, 4) is 5.75 Å².